The highest BCUT2D eigenvalue weighted by atomic mass is 16.3. The van der Waals surface area contributed by atoms with Crippen LogP contribution in [0.5, 0.6) is 0 Å². The van der Waals surface area contributed by atoms with E-state index in [1.165, 1.54) is 4.90 Å². The number of aliphatic hydroxyl groups is 1. The van der Waals surface area contributed by atoms with E-state index < -0.39 is 41.3 Å². The fourth-order valence-corrected chi connectivity index (χ4v) is 5.05. The summed E-state index contributed by atoms with van der Waals surface area (Å²) in [5.74, 6) is -2.95. The van der Waals surface area contributed by atoms with Crippen LogP contribution in [-0.4, -0.2) is 35.0 Å². The molecule has 2 saturated heterocycles. The first-order chi connectivity index (χ1) is 13.9. The van der Waals surface area contributed by atoms with Crippen LogP contribution < -0.4 is 15.5 Å². The Morgan fingerprint density at radius 3 is 2.41 bits per heavy atom. The van der Waals surface area contributed by atoms with Crippen LogP contribution in [0.1, 0.15) is 18.1 Å². The summed E-state index contributed by atoms with van der Waals surface area (Å²) in [6.07, 6.45) is -0.919. The number of aryl methyl sites for hydroxylation is 1. The van der Waals surface area contributed by atoms with Gasteiger partial charge in [0.1, 0.15) is 5.54 Å². The van der Waals surface area contributed by atoms with Crippen molar-refractivity contribution in [1.82, 2.24) is 5.32 Å². The van der Waals surface area contributed by atoms with Crippen LogP contribution >= 0.6 is 0 Å². The number of imide groups is 1. The summed E-state index contributed by atoms with van der Waals surface area (Å²) in [5.41, 5.74) is 1.36. The molecule has 5 unspecified atom stereocenters. The molecule has 0 saturated carbocycles. The van der Waals surface area contributed by atoms with Crippen LogP contribution in [0.15, 0.2) is 48.5 Å². The molecule has 7 nitrogen and oxygen atoms in total. The lowest BCUT2D eigenvalue weighted by molar-refractivity contribution is -0.130. The van der Waals surface area contributed by atoms with E-state index in [9.17, 15) is 19.5 Å². The summed E-state index contributed by atoms with van der Waals surface area (Å²) >= 11 is 0. The molecule has 2 fully saturated rings. The van der Waals surface area contributed by atoms with Crippen molar-refractivity contribution in [1.29, 1.82) is 0 Å². The molecule has 1 spiro atoms. The number of fused-ring (bicyclic) bond motifs is 4. The molecule has 0 aliphatic carbocycles. The second-order valence-electron chi connectivity index (χ2n) is 8.07. The smallest absolute Gasteiger partial charge is 0.250 e. The molecular formula is C22H21N3O4. The number of benzene rings is 2. The third-order valence-electron chi connectivity index (χ3n) is 6.37. The van der Waals surface area contributed by atoms with Gasteiger partial charge in [0.15, 0.2) is 0 Å². The molecule has 3 heterocycles. The third kappa shape index (κ3) is 2.22. The number of carbonyl (C=O) groups is 3. The summed E-state index contributed by atoms with van der Waals surface area (Å²) in [7, 11) is 0. The number of rotatable bonds is 2. The maximum Gasteiger partial charge on any atom is 0.250 e. The topological polar surface area (TPSA) is 98.7 Å². The number of carbonyl (C=O) groups excluding carboxylic acids is 3. The third-order valence-corrected chi connectivity index (χ3v) is 6.37. The van der Waals surface area contributed by atoms with Crippen molar-refractivity contribution >= 4 is 29.1 Å². The molecular weight excluding hydrogens is 370 g/mol. The Bertz CT molecular complexity index is 1050. The molecule has 3 aliphatic rings. The molecule has 3 N–H and O–H groups in total. The normalized spacial score (nSPS) is 31.2. The second-order valence-corrected chi connectivity index (χ2v) is 8.07. The van der Waals surface area contributed by atoms with E-state index in [-0.39, 0.29) is 5.91 Å². The molecule has 5 atom stereocenters. The maximum absolute atomic E-state index is 13.6. The number of aliphatic hydroxyl groups excluding tert-OH is 1. The minimum absolute atomic E-state index is 0.372. The van der Waals surface area contributed by atoms with Crippen LogP contribution in [0.25, 0.3) is 0 Å². The van der Waals surface area contributed by atoms with Gasteiger partial charge in [-0.3, -0.25) is 19.7 Å². The number of anilines is 2. The summed E-state index contributed by atoms with van der Waals surface area (Å²) in [6, 6.07) is 13.6. The molecule has 148 valence electrons. The van der Waals surface area contributed by atoms with Crippen molar-refractivity contribution in [3.63, 3.8) is 0 Å². The zero-order valence-corrected chi connectivity index (χ0v) is 16.0. The lowest BCUT2D eigenvalue weighted by atomic mass is 9.76. The van der Waals surface area contributed by atoms with Crippen molar-refractivity contribution in [2.24, 2.45) is 11.8 Å². The first kappa shape index (κ1) is 18.0. The van der Waals surface area contributed by atoms with Gasteiger partial charge >= 0.3 is 0 Å². The molecule has 0 aromatic heterocycles. The lowest BCUT2D eigenvalue weighted by Crippen LogP contribution is -2.54. The van der Waals surface area contributed by atoms with Crippen molar-refractivity contribution in [2.45, 2.75) is 31.5 Å². The quantitative estimate of drug-likeness (QED) is 0.671. The highest BCUT2D eigenvalue weighted by molar-refractivity contribution is 6.25. The molecule has 29 heavy (non-hydrogen) atoms. The van der Waals surface area contributed by atoms with Crippen molar-refractivity contribution in [2.75, 3.05) is 10.2 Å². The van der Waals surface area contributed by atoms with Gasteiger partial charge in [0, 0.05) is 17.3 Å². The first-order valence-electron chi connectivity index (χ1n) is 9.67. The van der Waals surface area contributed by atoms with Gasteiger partial charge in [0.05, 0.1) is 23.6 Å². The van der Waals surface area contributed by atoms with Gasteiger partial charge in [-0.25, -0.2) is 4.90 Å². The number of nitrogens with zero attached hydrogens (tertiary/aromatic N) is 1. The Morgan fingerprint density at radius 2 is 1.72 bits per heavy atom. The molecule has 3 aliphatic heterocycles. The van der Waals surface area contributed by atoms with E-state index in [1.807, 2.05) is 19.1 Å². The van der Waals surface area contributed by atoms with Gasteiger partial charge < -0.3 is 10.4 Å². The van der Waals surface area contributed by atoms with Gasteiger partial charge in [0.25, 0.3) is 0 Å². The molecule has 5 rings (SSSR count). The molecule has 2 aromatic carbocycles. The first-order valence-corrected chi connectivity index (χ1v) is 9.67. The summed E-state index contributed by atoms with van der Waals surface area (Å²) < 4.78 is 0. The van der Waals surface area contributed by atoms with Crippen LogP contribution in [-0.2, 0) is 19.9 Å². The number of amides is 3. The molecule has 0 bridgehead atoms. The van der Waals surface area contributed by atoms with Gasteiger partial charge in [-0.05, 0) is 32.0 Å². The Balaban J connectivity index is 1.68. The zero-order valence-electron chi connectivity index (χ0n) is 16.0. The van der Waals surface area contributed by atoms with Crippen LogP contribution in [0.2, 0.25) is 0 Å². The van der Waals surface area contributed by atoms with Crippen LogP contribution in [0.4, 0.5) is 11.4 Å². The van der Waals surface area contributed by atoms with E-state index in [4.69, 9.17) is 0 Å². The molecule has 2 aromatic rings. The fourth-order valence-electron chi connectivity index (χ4n) is 5.05. The maximum atomic E-state index is 13.6. The van der Waals surface area contributed by atoms with E-state index in [2.05, 4.69) is 10.6 Å². The number of hydrogen-bond acceptors (Lipinski definition) is 5. The molecule has 3 amide bonds. The summed E-state index contributed by atoms with van der Waals surface area (Å²) in [4.78, 5) is 41.3. The monoisotopic (exact) mass is 391 g/mol. The van der Waals surface area contributed by atoms with Crippen molar-refractivity contribution in [3.05, 3.63) is 59.7 Å². The Kier molecular flexibility index (Phi) is 3.72. The fraction of sp³-hybridized carbons (Fsp3) is 0.318. The lowest BCUT2D eigenvalue weighted by Gasteiger charge is -2.30. The Labute approximate surface area is 167 Å². The largest absolute Gasteiger partial charge is 0.392 e. The summed E-state index contributed by atoms with van der Waals surface area (Å²) in [5, 5.41) is 16.4. The van der Waals surface area contributed by atoms with Crippen LogP contribution in [0.3, 0.4) is 0 Å². The standard InChI is InChI=1S/C22H21N3O4/c1-11-7-9-13(10-8-11)25-19(27)16-17(20(25)28)22(24-18(16)12(2)26)14-5-3-4-6-15(14)23-21(22)29/h3-10,12,16-18,24,26H,1-2H3,(H,23,29). The number of para-hydroxylation sites is 1. The molecule has 7 heteroatoms. The number of nitrogens with one attached hydrogen (secondary N) is 2. The second kappa shape index (κ2) is 5.98. The van der Waals surface area contributed by atoms with Gasteiger partial charge in [-0.2, -0.15) is 0 Å². The van der Waals surface area contributed by atoms with E-state index in [0.29, 0.717) is 16.9 Å². The predicted octanol–water partition coefficient (Wildman–Crippen LogP) is 1.30. The van der Waals surface area contributed by atoms with Crippen LogP contribution in [0, 0.1) is 18.8 Å². The Morgan fingerprint density at radius 1 is 1.03 bits per heavy atom. The Hall–Kier alpha value is -3.03. The zero-order chi connectivity index (χ0) is 20.5. The molecule has 0 radical (unpaired) electrons. The highest BCUT2D eigenvalue weighted by Gasteiger charge is 2.71. The van der Waals surface area contributed by atoms with Gasteiger partial charge in [0.2, 0.25) is 17.7 Å². The minimum atomic E-state index is -1.38. The van der Waals surface area contributed by atoms with Crippen molar-refractivity contribution in [3.8, 4) is 0 Å². The highest BCUT2D eigenvalue weighted by Crippen LogP contribution is 2.53. The minimum Gasteiger partial charge on any atom is -0.392 e. The van der Waals surface area contributed by atoms with Gasteiger partial charge in [-0.1, -0.05) is 35.9 Å². The SMILES string of the molecule is Cc1ccc(N2C(=O)C3C(C(C)O)NC4(C(=O)Nc5ccccc54)C3C2=O)cc1. The average Bonchev–Trinajstić information content (AvgIpc) is 3.28. The van der Waals surface area contributed by atoms with E-state index in [0.717, 1.165) is 5.56 Å². The summed E-state index contributed by atoms with van der Waals surface area (Å²) in [6.45, 7) is 3.49. The average molecular weight is 391 g/mol. The number of hydrogen-bond donors (Lipinski definition) is 3. The van der Waals surface area contributed by atoms with E-state index >= 15 is 0 Å². The van der Waals surface area contributed by atoms with E-state index in [1.54, 1.807) is 43.3 Å². The van der Waals surface area contributed by atoms with Gasteiger partial charge in [-0.15, -0.1) is 0 Å². The van der Waals surface area contributed by atoms with Crippen molar-refractivity contribution < 1.29 is 19.5 Å². The predicted molar refractivity (Wildman–Crippen MR) is 106 cm³/mol.